The lowest BCUT2D eigenvalue weighted by Crippen LogP contribution is -2.68. The molecule has 0 amide bonds. The zero-order valence-corrected chi connectivity index (χ0v) is 23.1. The van der Waals surface area contributed by atoms with E-state index in [1.54, 1.807) is 6.92 Å². The summed E-state index contributed by atoms with van der Waals surface area (Å²) in [5, 5.41) is 7.43. The normalized spacial score (nSPS) is 21.2. The molecule has 0 aliphatic carbocycles. The van der Waals surface area contributed by atoms with E-state index in [1.165, 1.54) is 11.3 Å². The molecule has 2 aliphatic rings. The first-order valence-electron chi connectivity index (χ1n) is 12.7. The monoisotopic (exact) mass is 517 g/mol. The van der Waals surface area contributed by atoms with Gasteiger partial charge in [-0.1, -0.05) is 18.3 Å². The fourth-order valence-corrected chi connectivity index (χ4v) is 5.74. The second kappa shape index (κ2) is 11.2. The summed E-state index contributed by atoms with van der Waals surface area (Å²) in [5.74, 6) is 1.91. The highest BCUT2D eigenvalue weighted by atomic mass is 32.1. The summed E-state index contributed by atoms with van der Waals surface area (Å²) >= 11 is 1.27. The van der Waals surface area contributed by atoms with Gasteiger partial charge in [0.15, 0.2) is 5.13 Å². The topological polar surface area (TPSA) is 102 Å². The van der Waals surface area contributed by atoms with Gasteiger partial charge in [0.2, 0.25) is 5.95 Å². The third-order valence-electron chi connectivity index (χ3n) is 7.10. The van der Waals surface area contributed by atoms with Crippen molar-refractivity contribution in [2.75, 3.05) is 88.7 Å². The summed E-state index contributed by atoms with van der Waals surface area (Å²) in [6, 6.07) is 2.12. The van der Waals surface area contributed by atoms with Crippen molar-refractivity contribution in [2.24, 2.45) is 0 Å². The van der Waals surface area contributed by atoms with Crippen molar-refractivity contribution in [3.8, 4) is 0 Å². The van der Waals surface area contributed by atoms with Gasteiger partial charge in [-0.3, -0.25) is 10.2 Å². The van der Waals surface area contributed by atoms with E-state index >= 15 is 0 Å². The molecule has 1 unspecified atom stereocenters. The number of thiazole rings is 1. The molecule has 0 aromatic carbocycles. The number of hydrogen-bond acceptors (Lipinski definition) is 12. The summed E-state index contributed by atoms with van der Waals surface area (Å²) in [7, 11) is 6.40. The number of carbonyl (C=O) groups excluding carboxylic acids is 1. The molecule has 2 fully saturated rings. The molecular formula is C24H39N9O2S. The third-order valence-corrected chi connectivity index (χ3v) is 8.15. The lowest BCUT2D eigenvalue weighted by Gasteiger charge is -2.51. The summed E-state index contributed by atoms with van der Waals surface area (Å²) < 4.78 is 5.18. The molecule has 2 aromatic rings. The number of aromatic nitrogens is 3. The molecule has 11 nitrogen and oxygen atoms in total. The van der Waals surface area contributed by atoms with Crippen molar-refractivity contribution in [3.63, 3.8) is 0 Å². The van der Waals surface area contributed by atoms with Crippen molar-refractivity contribution in [1.82, 2.24) is 30.1 Å². The Morgan fingerprint density at radius 2 is 1.89 bits per heavy atom. The van der Waals surface area contributed by atoms with E-state index in [-0.39, 0.29) is 11.6 Å². The van der Waals surface area contributed by atoms with Gasteiger partial charge in [0.05, 0.1) is 12.3 Å². The Hall–Kier alpha value is -2.54. The summed E-state index contributed by atoms with van der Waals surface area (Å²) in [6.45, 7) is 12.5. The van der Waals surface area contributed by atoms with Crippen molar-refractivity contribution >= 4 is 40.0 Å². The smallest absolute Gasteiger partial charge is 0.350 e. The van der Waals surface area contributed by atoms with Gasteiger partial charge in [0.1, 0.15) is 22.2 Å². The number of likely N-dealkylation sites (N-methyl/N-ethyl adjacent to an activating group) is 2. The predicted octanol–water partition coefficient (Wildman–Crippen LogP) is 1.99. The second-order valence-electron chi connectivity index (χ2n) is 9.54. The van der Waals surface area contributed by atoms with Gasteiger partial charge in [-0.15, -0.1) is 0 Å². The zero-order valence-electron chi connectivity index (χ0n) is 22.3. The first-order valence-corrected chi connectivity index (χ1v) is 13.5. The molecule has 2 saturated heterocycles. The van der Waals surface area contributed by atoms with E-state index in [4.69, 9.17) is 14.7 Å². The largest absolute Gasteiger partial charge is 0.462 e. The number of ether oxygens (including phenoxy) is 1. The second-order valence-corrected chi connectivity index (χ2v) is 10.5. The van der Waals surface area contributed by atoms with E-state index in [0.29, 0.717) is 28.3 Å². The van der Waals surface area contributed by atoms with Crippen molar-refractivity contribution in [3.05, 3.63) is 16.6 Å². The van der Waals surface area contributed by atoms with Crippen molar-refractivity contribution in [1.29, 1.82) is 0 Å². The van der Waals surface area contributed by atoms with Crippen LogP contribution in [0.5, 0.6) is 0 Å². The van der Waals surface area contributed by atoms with Crippen LogP contribution in [0.1, 0.15) is 35.6 Å². The van der Waals surface area contributed by atoms with Crippen LogP contribution in [-0.4, -0.2) is 110 Å². The fourth-order valence-electron chi connectivity index (χ4n) is 4.89. The van der Waals surface area contributed by atoms with Crippen LogP contribution >= 0.6 is 11.3 Å². The van der Waals surface area contributed by atoms with Gasteiger partial charge in [-0.05, 0) is 41.4 Å². The molecule has 4 rings (SSSR count). The molecule has 4 heterocycles. The Kier molecular flexibility index (Phi) is 8.28. The Balaban J connectivity index is 1.71. The first kappa shape index (κ1) is 26.5. The number of aryl methyl sites for hydroxylation is 1. The molecule has 0 bridgehead atoms. The molecule has 36 heavy (non-hydrogen) atoms. The number of esters is 1. The third kappa shape index (κ3) is 5.41. The Morgan fingerprint density at radius 1 is 1.17 bits per heavy atom. The molecule has 1 atom stereocenters. The quantitative estimate of drug-likeness (QED) is 0.503. The molecule has 0 radical (unpaired) electrons. The van der Waals surface area contributed by atoms with Gasteiger partial charge < -0.3 is 24.8 Å². The van der Waals surface area contributed by atoms with E-state index in [2.05, 4.69) is 69.4 Å². The summed E-state index contributed by atoms with van der Waals surface area (Å²) in [5.41, 5.74) is 0.439. The average Bonchev–Trinajstić information content (AvgIpc) is 3.24. The van der Waals surface area contributed by atoms with Gasteiger partial charge >= 0.3 is 5.97 Å². The number of hydrogen-bond donors (Lipinski definition) is 2. The lowest BCUT2D eigenvalue weighted by atomic mass is 10.0. The fraction of sp³-hybridized carbons (Fsp3) is 0.667. The minimum absolute atomic E-state index is 0.196. The molecule has 2 N–H and O–H groups in total. The number of rotatable bonds is 8. The van der Waals surface area contributed by atoms with E-state index in [1.807, 2.05) is 6.92 Å². The van der Waals surface area contributed by atoms with Crippen LogP contribution < -0.4 is 20.4 Å². The van der Waals surface area contributed by atoms with Gasteiger partial charge in [0, 0.05) is 51.9 Å². The maximum Gasteiger partial charge on any atom is 0.350 e. The van der Waals surface area contributed by atoms with Crippen LogP contribution in [-0.2, 0) is 4.74 Å². The maximum absolute atomic E-state index is 12.3. The van der Waals surface area contributed by atoms with E-state index in [0.717, 1.165) is 63.9 Å². The highest BCUT2D eigenvalue weighted by Gasteiger charge is 2.40. The molecular weight excluding hydrogens is 478 g/mol. The number of nitrogens with zero attached hydrogens (tertiary/aromatic N) is 7. The highest BCUT2D eigenvalue weighted by molar-refractivity contribution is 7.17. The van der Waals surface area contributed by atoms with Crippen LogP contribution in [0.2, 0.25) is 0 Å². The lowest BCUT2D eigenvalue weighted by molar-refractivity contribution is 0.0531. The average molecular weight is 518 g/mol. The van der Waals surface area contributed by atoms with Gasteiger partial charge in [-0.25, -0.2) is 9.78 Å². The number of carbonyl (C=O) groups is 1. The highest BCUT2D eigenvalue weighted by Crippen LogP contribution is 2.33. The first-order chi connectivity index (χ1) is 17.3. The molecule has 0 spiro atoms. The number of piperazine rings is 2. The number of anilines is 4. The van der Waals surface area contributed by atoms with Gasteiger partial charge in [0.25, 0.3) is 0 Å². The van der Waals surface area contributed by atoms with Crippen molar-refractivity contribution in [2.45, 2.75) is 32.9 Å². The van der Waals surface area contributed by atoms with Crippen molar-refractivity contribution < 1.29 is 9.53 Å². The van der Waals surface area contributed by atoms with Crippen LogP contribution in [0.3, 0.4) is 0 Å². The Labute approximate surface area is 217 Å². The molecule has 0 saturated carbocycles. The van der Waals surface area contributed by atoms with E-state index in [9.17, 15) is 4.79 Å². The summed E-state index contributed by atoms with van der Waals surface area (Å²) in [6.07, 6.45) is 0.943. The van der Waals surface area contributed by atoms with E-state index < -0.39 is 0 Å². The van der Waals surface area contributed by atoms with Crippen LogP contribution in [0.25, 0.3) is 0 Å². The molecule has 2 aliphatic heterocycles. The molecule has 198 valence electrons. The molecule has 12 heteroatoms. The maximum atomic E-state index is 12.3. The minimum atomic E-state index is -0.354. The predicted molar refractivity (Wildman–Crippen MR) is 145 cm³/mol. The SMILES string of the molecule is CCOC(=O)c1sc(Nc2nc(N3CCN(C)CC3)cc(N3CCNCC3(CC)N(C)C)n2)nc1C. The number of nitrogens with one attached hydrogen (secondary N) is 2. The summed E-state index contributed by atoms with van der Waals surface area (Å²) in [4.78, 5) is 36.5. The molecule has 2 aromatic heterocycles. The zero-order chi connectivity index (χ0) is 25.9. The Bertz CT molecular complexity index is 1050. The van der Waals surface area contributed by atoms with Crippen LogP contribution in [0.15, 0.2) is 6.07 Å². The van der Waals surface area contributed by atoms with Crippen LogP contribution in [0, 0.1) is 6.92 Å². The minimum Gasteiger partial charge on any atom is -0.462 e. The standard InChI is InChI=1S/C24H39N9O2S/c1-7-24(30(4)5)16-25-9-10-33(24)19-15-18(32-13-11-31(6)12-14-32)27-22(28-19)29-23-26-17(3)20(36-23)21(34)35-8-2/h15,25H,7-14,16H2,1-6H3,(H,26,27,28,29). The van der Waals surface area contributed by atoms with Crippen LogP contribution in [0.4, 0.5) is 22.7 Å². The Morgan fingerprint density at radius 3 is 2.56 bits per heavy atom. The van der Waals surface area contributed by atoms with Gasteiger partial charge in [-0.2, -0.15) is 9.97 Å².